The topological polar surface area (TPSA) is 77.1 Å². The molecule has 0 fully saturated rings. The van der Waals surface area contributed by atoms with Gasteiger partial charge in [-0.05, 0) is 55.3 Å². The standard InChI is InChI=1S/C23H30N2O5/c1-17(23(27)24-2)25(16-18-7-5-8-21(15-18)29-4)22(26)9-6-14-30-20-12-10-19(28-3)11-13-20/h5,7-8,10-13,15,17H,6,9,14,16H2,1-4H3,(H,24,27)/t17-/m0/s1. The van der Waals surface area contributed by atoms with Gasteiger partial charge >= 0.3 is 0 Å². The van der Waals surface area contributed by atoms with Crippen molar-refractivity contribution < 1.29 is 23.8 Å². The normalized spacial score (nSPS) is 11.3. The lowest BCUT2D eigenvalue weighted by Gasteiger charge is -2.28. The summed E-state index contributed by atoms with van der Waals surface area (Å²) in [5.41, 5.74) is 0.896. The number of nitrogens with zero attached hydrogens (tertiary/aromatic N) is 1. The predicted octanol–water partition coefficient (Wildman–Crippen LogP) is 3.03. The molecule has 30 heavy (non-hydrogen) atoms. The summed E-state index contributed by atoms with van der Waals surface area (Å²) in [7, 11) is 4.77. The van der Waals surface area contributed by atoms with Gasteiger partial charge in [-0.1, -0.05) is 12.1 Å². The van der Waals surface area contributed by atoms with Crippen LogP contribution in [0.4, 0.5) is 0 Å². The van der Waals surface area contributed by atoms with E-state index in [0.717, 1.165) is 17.1 Å². The zero-order chi connectivity index (χ0) is 21.9. The van der Waals surface area contributed by atoms with Gasteiger partial charge in [0.25, 0.3) is 0 Å². The molecule has 0 saturated carbocycles. The van der Waals surface area contributed by atoms with Crippen LogP contribution in [0.15, 0.2) is 48.5 Å². The number of likely N-dealkylation sites (N-methyl/N-ethyl adjacent to an activating group) is 1. The second-order valence-electron chi connectivity index (χ2n) is 6.79. The molecule has 0 aromatic heterocycles. The Bertz CT molecular complexity index is 823. The van der Waals surface area contributed by atoms with E-state index in [0.29, 0.717) is 25.3 Å². The van der Waals surface area contributed by atoms with Crippen LogP contribution < -0.4 is 19.5 Å². The Morgan fingerprint density at radius 3 is 2.30 bits per heavy atom. The van der Waals surface area contributed by atoms with Gasteiger partial charge in [0.15, 0.2) is 0 Å². The molecule has 1 atom stereocenters. The molecule has 0 radical (unpaired) electrons. The van der Waals surface area contributed by atoms with Crippen LogP contribution >= 0.6 is 0 Å². The van der Waals surface area contributed by atoms with Gasteiger partial charge in [0, 0.05) is 20.0 Å². The van der Waals surface area contributed by atoms with Crippen LogP contribution in [0.25, 0.3) is 0 Å². The fourth-order valence-electron chi connectivity index (χ4n) is 2.99. The van der Waals surface area contributed by atoms with Crippen molar-refractivity contribution in [3.63, 3.8) is 0 Å². The van der Waals surface area contributed by atoms with E-state index in [-0.39, 0.29) is 18.2 Å². The minimum absolute atomic E-state index is 0.104. The largest absolute Gasteiger partial charge is 0.497 e. The minimum atomic E-state index is -0.587. The number of carbonyl (C=O) groups is 2. The van der Waals surface area contributed by atoms with Crippen molar-refractivity contribution in [1.29, 1.82) is 0 Å². The Morgan fingerprint density at radius 2 is 1.67 bits per heavy atom. The van der Waals surface area contributed by atoms with E-state index >= 15 is 0 Å². The first-order chi connectivity index (χ1) is 14.5. The van der Waals surface area contributed by atoms with Crippen LogP contribution in [0.5, 0.6) is 17.2 Å². The van der Waals surface area contributed by atoms with E-state index in [9.17, 15) is 9.59 Å². The van der Waals surface area contributed by atoms with Crippen LogP contribution in [0.3, 0.4) is 0 Å². The molecule has 0 aliphatic carbocycles. The zero-order valence-electron chi connectivity index (χ0n) is 18.0. The Morgan fingerprint density at radius 1 is 1.00 bits per heavy atom. The van der Waals surface area contributed by atoms with Crippen LogP contribution in [-0.4, -0.2) is 50.6 Å². The molecule has 162 valence electrons. The number of hydrogen-bond acceptors (Lipinski definition) is 5. The van der Waals surface area contributed by atoms with Gasteiger partial charge in [-0.25, -0.2) is 0 Å². The molecule has 2 aromatic rings. The van der Waals surface area contributed by atoms with Crippen LogP contribution in [0, 0.1) is 0 Å². The number of nitrogens with one attached hydrogen (secondary N) is 1. The number of benzene rings is 2. The molecule has 2 rings (SSSR count). The molecule has 0 aliphatic heterocycles. The fourth-order valence-corrected chi connectivity index (χ4v) is 2.99. The lowest BCUT2D eigenvalue weighted by Crippen LogP contribution is -2.46. The third kappa shape index (κ3) is 6.69. The summed E-state index contributed by atoms with van der Waals surface area (Å²) in [6.07, 6.45) is 0.821. The van der Waals surface area contributed by atoms with Crippen molar-refractivity contribution in [2.45, 2.75) is 32.4 Å². The SMILES string of the molecule is CNC(=O)[C@H](C)N(Cc1cccc(OC)c1)C(=O)CCCOc1ccc(OC)cc1. The maximum Gasteiger partial charge on any atom is 0.242 e. The highest BCUT2D eigenvalue weighted by Gasteiger charge is 2.25. The van der Waals surface area contributed by atoms with E-state index in [1.54, 1.807) is 33.1 Å². The number of ether oxygens (including phenoxy) is 3. The summed E-state index contributed by atoms with van der Waals surface area (Å²) >= 11 is 0. The van der Waals surface area contributed by atoms with Gasteiger partial charge in [0.1, 0.15) is 23.3 Å². The average molecular weight is 415 g/mol. The van der Waals surface area contributed by atoms with Crippen molar-refractivity contribution in [3.05, 3.63) is 54.1 Å². The predicted molar refractivity (Wildman–Crippen MR) is 115 cm³/mol. The van der Waals surface area contributed by atoms with E-state index in [1.807, 2.05) is 48.5 Å². The zero-order valence-corrected chi connectivity index (χ0v) is 18.0. The molecule has 0 spiro atoms. The molecule has 0 unspecified atom stereocenters. The summed E-state index contributed by atoms with van der Waals surface area (Å²) in [6.45, 7) is 2.45. The van der Waals surface area contributed by atoms with Gasteiger partial charge in [-0.15, -0.1) is 0 Å². The van der Waals surface area contributed by atoms with Crippen molar-refractivity contribution in [3.8, 4) is 17.2 Å². The summed E-state index contributed by atoms with van der Waals surface area (Å²) in [4.78, 5) is 26.7. The molecule has 0 heterocycles. The molecule has 7 nitrogen and oxygen atoms in total. The molecule has 0 saturated heterocycles. The van der Waals surface area contributed by atoms with Crippen LogP contribution in [-0.2, 0) is 16.1 Å². The quantitative estimate of drug-likeness (QED) is 0.572. The highest BCUT2D eigenvalue weighted by molar-refractivity contribution is 5.87. The molecule has 0 aliphatic rings. The highest BCUT2D eigenvalue weighted by atomic mass is 16.5. The van der Waals surface area contributed by atoms with E-state index in [2.05, 4.69) is 5.32 Å². The first kappa shape index (κ1) is 23.1. The maximum absolute atomic E-state index is 12.9. The van der Waals surface area contributed by atoms with Gasteiger partial charge in [0.2, 0.25) is 11.8 Å². The molecule has 2 aromatic carbocycles. The van der Waals surface area contributed by atoms with Crippen LogP contribution in [0.2, 0.25) is 0 Å². The van der Waals surface area contributed by atoms with Crippen molar-refractivity contribution in [2.75, 3.05) is 27.9 Å². The first-order valence-electron chi connectivity index (χ1n) is 9.89. The first-order valence-corrected chi connectivity index (χ1v) is 9.89. The highest BCUT2D eigenvalue weighted by Crippen LogP contribution is 2.19. The van der Waals surface area contributed by atoms with Crippen molar-refractivity contribution >= 4 is 11.8 Å². The van der Waals surface area contributed by atoms with Gasteiger partial charge < -0.3 is 24.4 Å². The Balaban J connectivity index is 1.96. The van der Waals surface area contributed by atoms with E-state index in [4.69, 9.17) is 14.2 Å². The molecule has 1 N–H and O–H groups in total. The molecule has 0 bridgehead atoms. The van der Waals surface area contributed by atoms with Gasteiger partial charge in [-0.2, -0.15) is 0 Å². The lowest BCUT2D eigenvalue weighted by atomic mass is 10.1. The summed E-state index contributed by atoms with van der Waals surface area (Å²) in [5.74, 6) is 1.87. The molecular weight excluding hydrogens is 384 g/mol. The number of carbonyl (C=O) groups excluding carboxylic acids is 2. The Kier molecular flexibility index (Phi) is 9.00. The molecule has 7 heteroatoms. The molecular formula is C23H30N2O5. The van der Waals surface area contributed by atoms with Crippen molar-refractivity contribution in [2.24, 2.45) is 0 Å². The van der Waals surface area contributed by atoms with Gasteiger partial charge in [-0.3, -0.25) is 9.59 Å². The minimum Gasteiger partial charge on any atom is -0.497 e. The maximum atomic E-state index is 12.9. The third-order valence-corrected chi connectivity index (χ3v) is 4.76. The fraction of sp³-hybridized carbons (Fsp3) is 0.391. The molecule has 2 amide bonds. The van der Waals surface area contributed by atoms with Gasteiger partial charge in [0.05, 0.1) is 20.8 Å². The number of rotatable bonds is 11. The Labute approximate surface area is 177 Å². The van der Waals surface area contributed by atoms with E-state index in [1.165, 1.54) is 0 Å². The van der Waals surface area contributed by atoms with E-state index < -0.39 is 6.04 Å². The third-order valence-electron chi connectivity index (χ3n) is 4.76. The monoisotopic (exact) mass is 414 g/mol. The smallest absolute Gasteiger partial charge is 0.242 e. The summed E-state index contributed by atoms with van der Waals surface area (Å²) in [5, 5.41) is 2.61. The lowest BCUT2D eigenvalue weighted by molar-refractivity contribution is -0.140. The number of methoxy groups -OCH3 is 2. The van der Waals surface area contributed by atoms with Crippen LogP contribution in [0.1, 0.15) is 25.3 Å². The Hall–Kier alpha value is -3.22. The second kappa shape index (κ2) is 11.7. The second-order valence-corrected chi connectivity index (χ2v) is 6.79. The number of amides is 2. The average Bonchev–Trinajstić information content (AvgIpc) is 2.79. The number of hydrogen-bond donors (Lipinski definition) is 1. The van der Waals surface area contributed by atoms with Crippen molar-refractivity contribution in [1.82, 2.24) is 10.2 Å². The summed E-state index contributed by atoms with van der Waals surface area (Å²) in [6, 6.07) is 14.2. The summed E-state index contributed by atoms with van der Waals surface area (Å²) < 4.78 is 16.1.